The molecule has 0 radical (unpaired) electrons. The molecule has 1 N–H and O–H groups in total. The zero-order valence-corrected chi connectivity index (χ0v) is 16.0. The molecule has 0 unspecified atom stereocenters. The van der Waals surface area contributed by atoms with Gasteiger partial charge in [0.1, 0.15) is 17.4 Å². The minimum atomic E-state index is -3.87. The lowest BCUT2D eigenvalue weighted by Gasteiger charge is -2.14. The van der Waals surface area contributed by atoms with Gasteiger partial charge in [-0.15, -0.1) is 0 Å². The van der Waals surface area contributed by atoms with Crippen LogP contribution in [0.15, 0.2) is 65.6 Å². The van der Waals surface area contributed by atoms with Gasteiger partial charge >= 0.3 is 0 Å². The van der Waals surface area contributed by atoms with Gasteiger partial charge in [0.15, 0.2) is 0 Å². The van der Waals surface area contributed by atoms with Gasteiger partial charge in [-0.3, -0.25) is 4.72 Å². The van der Waals surface area contributed by atoms with E-state index in [0.29, 0.717) is 17.0 Å². The monoisotopic (exact) mass is 395 g/mol. The second-order valence-corrected chi connectivity index (χ2v) is 7.38. The summed E-state index contributed by atoms with van der Waals surface area (Å²) in [5.74, 6) is 0.756. The number of benzene rings is 2. The number of pyridine rings is 1. The van der Waals surface area contributed by atoms with Crippen molar-refractivity contribution in [1.82, 2.24) is 4.98 Å². The number of nitrogens with one attached hydrogen (secondary N) is 1. The van der Waals surface area contributed by atoms with E-state index in [1.54, 1.807) is 49.6 Å². The summed E-state index contributed by atoms with van der Waals surface area (Å²) in [5.41, 5.74) is 1.25. The number of methoxy groups -OCH3 is 2. The van der Waals surface area contributed by atoms with E-state index in [1.165, 1.54) is 25.3 Å². The third kappa shape index (κ3) is 3.89. The quantitative estimate of drug-likeness (QED) is 0.686. The Kier molecular flexibility index (Phi) is 5.47. The number of ether oxygens (including phenoxy) is 2. The zero-order valence-electron chi connectivity index (χ0n) is 15.2. The highest BCUT2D eigenvalue weighted by Gasteiger charge is 2.20. The minimum absolute atomic E-state index is 0.102. The molecule has 28 heavy (non-hydrogen) atoms. The molecule has 7 nitrogen and oxygen atoms in total. The number of aromatic nitrogens is 1. The fraction of sp³-hybridized carbons (Fsp3) is 0.100. The smallest absolute Gasteiger partial charge is 0.261 e. The van der Waals surface area contributed by atoms with Crippen LogP contribution < -0.4 is 14.2 Å². The molecule has 0 saturated carbocycles. The predicted molar refractivity (Wildman–Crippen MR) is 105 cm³/mol. The third-order valence-electron chi connectivity index (χ3n) is 3.96. The molecule has 0 aliphatic heterocycles. The summed E-state index contributed by atoms with van der Waals surface area (Å²) in [4.78, 5) is 4.45. The summed E-state index contributed by atoms with van der Waals surface area (Å²) >= 11 is 0. The summed E-state index contributed by atoms with van der Waals surface area (Å²) in [6.07, 6.45) is 0. The fourth-order valence-electron chi connectivity index (χ4n) is 2.58. The topological polar surface area (TPSA) is 101 Å². The lowest BCUT2D eigenvalue weighted by Crippen LogP contribution is -2.14. The van der Waals surface area contributed by atoms with Gasteiger partial charge in [-0.2, -0.15) is 5.26 Å². The number of nitrogens with zero attached hydrogens (tertiary/aromatic N) is 2. The standard InChI is InChI=1S/C20H17N3O4S/c1-26-16-10-8-14(9-11-16)19-18(12-15(13-21)20(22-19)27-2)23-28(24,25)17-6-4-3-5-7-17/h3-12,23H,1-2H3. The third-order valence-corrected chi connectivity index (χ3v) is 5.34. The van der Waals surface area contributed by atoms with Crippen LogP contribution in [0, 0.1) is 11.3 Å². The van der Waals surface area contributed by atoms with E-state index in [9.17, 15) is 13.7 Å². The van der Waals surface area contributed by atoms with Crippen molar-refractivity contribution in [3.05, 3.63) is 66.2 Å². The summed E-state index contributed by atoms with van der Waals surface area (Å²) in [6, 6.07) is 18.3. The van der Waals surface area contributed by atoms with Gasteiger partial charge in [0.2, 0.25) is 5.88 Å². The summed E-state index contributed by atoms with van der Waals surface area (Å²) < 4.78 is 38.4. The molecular formula is C20H17N3O4S. The molecule has 2 aromatic carbocycles. The molecule has 0 saturated heterocycles. The lowest BCUT2D eigenvalue weighted by molar-refractivity contribution is 0.397. The van der Waals surface area contributed by atoms with Crippen molar-refractivity contribution in [2.75, 3.05) is 18.9 Å². The molecule has 0 aliphatic rings. The van der Waals surface area contributed by atoms with Gasteiger partial charge < -0.3 is 9.47 Å². The van der Waals surface area contributed by atoms with Crippen LogP contribution in [-0.4, -0.2) is 27.6 Å². The molecule has 0 aliphatic carbocycles. The Morgan fingerprint density at radius 1 is 1.00 bits per heavy atom. The molecule has 8 heteroatoms. The van der Waals surface area contributed by atoms with Gasteiger partial charge in [-0.05, 0) is 42.5 Å². The molecule has 142 valence electrons. The first-order chi connectivity index (χ1) is 13.5. The van der Waals surface area contributed by atoms with E-state index in [0.717, 1.165) is 0 Å². The van der Waals surface area contributed by atoms with Crippen LogP contribution >= 0.6 is 0 Å². The SMILES string of the molecule is COc1ccc(-c2nc(OC)c(C#N)cc2NS(=O)(=O)c2ccccc2)cc1. The van der Waals surface area contributed by atoms with Crippen LogP contribution in [0.3, 0.4) is 0 Å². The highest BCUT2D eigenvalue weighted by Crippen LogP contribution is 2.33. The van der Waals surface area contributed by atoms with Crippen LogP contribution in [-0.2, 0) is 10.0 Å². The van der Waals surface area contributed by atoms with Crippen molar-refractivity contribution in [3.8, 4) is 29.0 Å². The first kappa shape index (κ1) is 19.2. The van der Waals surface area contributed by atoms with Gasteiger partial charge in [-0.25, -0.2) is 13.4 Å². The second kappa shape index (κ2) is 7.98. The van der Waals surface area contributed by atoms with Crippen molar-refractivity contribution in [3.63, 3.8) is 0 Å². The van der Waals surface area contributed by atoms with Crippen molar-refractivity contribution in [1.29, 1.82) is 5.26 Å². The Balaban J connectivity index is 2.14. The summed E-state index contributed by atoms with van der Waals surface area (Å²) in [6.45, 7) is 0. The summed E-state index contributed by atoms with van der Waals surface area (Å²) in [5, 5.41) is 9.36. The number of sulfonamides is 1. The maximum atomic E-state index is 12.8. The molecule has 3 rings (SSSR count). The van der Waals surface area contributed by atoms with Crippen LogP contribution in [0.1, 0.15) is 5.56 Å². The van der Waals surface area contributed by atoms with Crippen molar-refractivity contribution >= 4 is 15.7 Å². The van der Waals surface area contributed by atoms with E-state index in [4.69, 9.17) is 9.47 Å². The highest BCUT2D eigenvalue weighted by atomic mass is 32.2. The average Bonchev–Trinajstić information content (AvgIpc) is 2.74. The molecular weight excluding hydrogens is 378 g/mol. The van der Waals surface area contributed by atoms with Crippen molar-refractivity contribution in [2.24, 2.45) is 0 Å². The summed E-state index contributed by atoms with van der Waals surface area (Å²) in [7, 11) is -0.916. The Morgan fingerprint density at radius 3 is 2.25 bits per heavy atom. The van der Waals surface area contributed by atoms with Crippen LogP contribution in [0.5, 0.6) is 11.6 Å². The molecule has 0 atom stereocenters. The van der Waals surface area contributed by atoms with Crippen molar-refractivity contribution < 1.29 is 17.9 Å². The van der Waals surface area contributed by atoms with E-state index >= 15 is 0 Å². The number of hydrogen-bond donors (Lipinski definition) is 1. The molecule has 1 aromatic heterocycles. The van der Waals surface area contributed by atoms with Crippen LogP contribution in [0.25, 0.3) is 11.3 Å². The van der Waals surface area contributed by atoms with Crippen LogP contribution in [0.2, 0.25) is 0 Å². The Bertz CT molecular complexity index is 1120. The van der Waals surface area contributed by atoms with Gasteiger partial charge in [0.05, 0.1) is 30.5 Å². The van der Waals surface area contributed by atoms with E-state index < -0.39 is 10.0 Å². The Labute approximate surface area is 163 Å². The number of rotatable bonds is 6. The zero-order chi connectivity index (χ0) is 20.1. The van der Waals surface area contributed by atoms with Crippen molar-refractivity contribution in [2.45, 2.75) is 4.90 Å². The first-order valence-corrected chi connectivity index (χ1v) is 9.68. The van der Waals surface area contributed by atoms with Crippen LogP contribution in [0.4, 0.5) is 5.69 Å². The van der Waals surface area contributed by atoms with E-state index in [1.807, 2.05) is 6.07 Å². The number of anilines is 1. The Morgan fingerprint density at radius 2 is 1.68 bits per heavy atom. The largest absolute Gasteiger partial charge is 0.497 e. The normalized spacial score (nSPS) is 10.8. The molecule has 3 aromatic rings. The predicted octanol–water partition coefficient (Wildman–Crippen LogP) is 3.44. The molecule has 0 bridgehead atoms. The van der Waals surface area contributed by atoms with Gasteiger partial charge in [-0.1, -0.05) is 18.2 Å². The Hall–Kier alpha value is -3.57. The number of nitriles is 1. The fourth-order valence-corrected chi connectivity index (χ4v) is 3.66. The van der Waals surface area contributed by atoms with Gasteiger partial charge in [0, 0.05) is 5.56 Å². The maximum Gasteiger partial charge on any atom is 0.261 e. The molecule has 0 spiro atoms. The van der Waals surface area contributed by atoms with Gasteiger partial charge in [0.25, 0.3) is 10.0 Å². The molecule has 1 heterocycles. The minimum Gasteiger partial charge on any atom is -0.497 e. The molecule has 0 amide bonds. The number of hydrogen-bond acceptors (Lipinski definition) is 6. The lowest BCUT2D eigenvalue weighted by atomic mass is 10.1. The van der Waals surface area contributed by atoms with E-state index in [2.05, 4.69) is 9.71 Å². The highest BCUT2D eigenvalue weighted by molar-refractivity contribution is 7.92. The maximum absolute atomic E-state index is 12.8. The first-order valence-electron chi connectivity index (χ1n) is 8.20. The molecule has 0 fully saturated rings. The average molecular weight is 395 g/mol. The van der Waals surface area contributed by atoms with E-state index in [-0.39, 0.29) is 22.0 Å². The second-order valence-electron chi connectivity index (χ2n) is 5.70.